The molecular weight excluding hydrogens is 292 g/mol. The average Bonchev–Trinajstić information content (AvgIpc) is 2.48. The lowest BCUT2D eigenvalue weighted by molar-refractivity contribution is -0.260. The van der Waals surface area contributed by atoms with E-state index in [1.807, 2.05) is 0 Å². The molecule has 2 amide bonds. The number of hydrogen-bond donors (Lipinski definition) is 3. The molecule has 1 aromatic rings. The molecule has 0 saturated heterocycles. The fourth-order valence-electron chi connectivity index (χ4n) is 1.63. The van der Waals surface area contributed by atoms with Crippen molar-refractivity contribution in [3.05, 3.63) is 42.4 Å². The van der Waals surface area contributed by atoms with Crippen LogP contribution in [0.2, 0.25) is 0 Å². The molecule has 1 aromatic carbocycles. The van der Waals surface area contributed by atoms with Gasteiger partial charge >= 0.3 is 5.95 Å². The van der Waals surface area contributed by atoms with Gasteiger partial charge in [0.2, 0.25) is 11.8 Å². The Morgan fingerprint density at radius 1 is 1.36 bits per heavy atom. The zero-order chi connectivity index (χ0) is 16.5. The highest BCUT2D eigenvalue weighted by Crippen LogP contribution is 2.16. The molecule has 0 spiro atoms. The zero-order valence-electron chi connectivity index (χ0n) is 12.1. The fraction of sp³-hybridized carbons (Fsp3) is 0.286. The lowest BCUT2D eigenvalue weighted by atomic mass is 10.1. The Labute approximate surface area is 127 Å². The van der Waals surface area contributed by atoms with E-state index in [4.69, 9.17) is 15.6 Å². The SMILES string of the molecule is C=C(OOC)Oc1ccc(CC(NC(=O)CO)C(N)=O)cc1. The first-order valence-corrected chi connectivity index (χ1v) is 6.32. The first-order chi connectivity index (χ1) is 10.5. The normalized spacial score (nSPS) is 11.4. The first kappa shape index (κ1) is 17.5. The van der Waals surface area contributed by atoms with Crippen LogP contribution in [0.25, 0.3) is 0 Å². The number of hydrogen-bond acceptors (Lipinski definition) is 6. The number of primary amides is 1. The molecule has 1 atom stereocenters. The van der Waals surface area contributed by atoms with Crippen molar-refractivity contribution >= 4 is 11.8 Å². The Hall–Kier alpha value is -2.58. The summed E-state index contributed by atoms with van der Waals surface area (Å²) in [6.45, 7) is 2.76. The molecule has 22 heavy (non-hydrogen) atoms. The van der Waals surface area contributed by atoms with Crippen molar-refractivity contribution in [3.8, 4) is 5.75 Å². The minimum absolute atomic E-state index is 0.0273. The Morgan fingerprint density at radius 3 is 2.50 bits per heavy atom. The van der Waals surface area contributed by atoms with Crippen molar-refractivity contribution < 1.29 is 29.2 Å². The summed E-state index contributed by atoms with van der Waals surface area (Å²) in [5.74, 6) is -0.929. The second kappa shape index (κ2) is 8.65. The minimum Gasteiger partial charge on any atom is -0.425 e. The van der Waals surface area contributed by atoms with E-state index in [2.05, 4.69) is 21.7 Å². The first-order valence-electron chi connectivity index (χ1n) is 6.32. The van der Waals surface area contributed by atoms with Crippen LogP contribution in [-0.2, 0) is 25.8 Å². The molecule has 0 aliphatic heterocycles. The van der Waals surface area contributed by atoms with Gasteiger partial charge in [0, 0.05) is 6.42 Å². The van der Waals surface area contributed by atoms with Crippen molar-refractivity contribution in [2.75, 3.05) is 13.7 Å². The number of amides is 2. The van der Waals surface area contributed by atoms with Crippen LogP contribution in [0.4, 0.5) is 0 Å². The van der Waals surface area contributed by atoms with Gasteiger partial charge in [-0.2, -0.15) is 4.89 Å². The van der Waals surface area contributed by atoms with Crippen LogP contribution in [0.3, 0.4) is 0 Å². The van der Waals surface area contributed by atoms with E-state index in [0.29, 0.717) is 5.75 Å². The number of rotatable bonds is 9. The van der Waals surface area contributed by atoms with Crippen LogP contribution in [0.15, 0.2) is 36.8 Å². The molecule has 4 N–H and O–H groups in total. The summed E-state index contributed by atoms with van der Waals surface area (Å²) in [7, 11) is 1.32. The van der Waals surface area contributed by atoms with E-state index >= 15 is 0 Å². The molecule has 8 nitrogen and oxygen atoms in total. The molecule has 0 aliphatic rings. The predicted octanol–water partition coefficient (Wildman–Crippen LogP) is -0.380. The number of aliphatic hydroxyl groups is 1. The fourth-order valence-corrected chi connectivity index (χ4v) is 1.63. The molecule has 0 radical (unpaired) electrons. The maximum atomic E-state index is 11.3. The smallest absolute Gasteiger partial charge is 0.315 e. The molecule has 0 bridgehead atoms. The van der Waals surface area contributed by atoms with E-state index in [1.54, 1.807) is 24.3 Å². The number of carbonyl (C=O) groups excluding carboxylic acids is 2. The highest BCUT2D eigenvalue weighted by Gasteiger charge is 2.18. The predicted molar refractivity (Wildman–Crippen MR) is 76.2 cm³/mol. The molecule has 0 aromatic heterocycles. The van der Waals surface area contributed by atoms with Gasteiger partial charge in [-0.3, -0.25) is 14.5 Å². The summed E-state index contributed by atoms with van der Waals surface area (Å²) in [5, 5.41) is 11.0. The van der Waals surface area contributed by atoms with Crippen molar-refractivity contribution in [1.82, 2.24) is 5.32 Å². The quantitative estimate of drug-likeness (QED) is 0.325. The minimum atomic E-state index is -0.904. The average molecular weight is 310 g/mol. The largest absolute Gasteiger partial charge is 0.425 e. The van der Waals surface area contributed by atoms with Gasteiger partial charge < -0.3 is 20.9 Å². The molecule has 120 valence electrons. The molecular formula is C14H18N2O6. The number of nitrogens with two attached hydrogens (primary N) is 1. The maximum absolute atomic E-state index is 11.3. The maximum Gasteiger partial charge on any atom is 0.315 e. The van der Waals surface area contributed by atoms with Crippen LogP contribution in [0.1, 0.15) is 5.56 Å². The number of nitrogens with one attached hydrogen (secondary N) is 1. The second-order valence-corrected chi connectivity index (χ2v) is 4.25. The van der Waals surface area contributed by atoms with E-state index in [0.717, 1.165) is 5.56 Å². The van der Waals surface area contributed by atoms with Gasteiger partial charge in [-0.15, -0.1) is 0 Å². The summed E-state index contributed by atoms with van der Waals surface area (Å²) in [6, 6.07) is 5.74. The summed E-state index contributed by atoms with van der Waals surface area (Å²) in [4.78, 5) is 31.4. The van der Waals surface area contributed by atoms with E-state index in [-0.39, 0.29) is 12.4 Å². The number of carbonyl (C=O) groups is 2. The number of ether oxygens (including phenoxy) is 1. The summed E-state index contributed by atoms with van der Waals surface area (Å²) >= 11 is 0. The van der Waals surface area contributed by atoms with Gasteiger partial charge in [0.25, 0.3) is 0 Å². The zero-order valence-corrected chi connectivity index (χ0v) is 12.1. The summed E-state index contributed by atoms with van der Waals surface area (Å²) in [6.07, 6.45) is 0.191. The van der Waals surface area contributed by atoms with E-state index < -0.39 is 24.5 Å². The Balaban J connectivity index is 2.66. The number of aliphatic hydroxyl groups excluding tert-OH is 1. The molecule has 0 saturated carbocycles. The Bertz CT molecular complexity index is 529. The van der Waals surface area contributed by atoms with Crippen molar-refractivity contribution in [3.63, 3.8) is 0 Å². The van der Waals surface area contributed by atoms with Crippen molar-refractivity contribution in [1.29, 1.82) is 0 Å². The van der Waals surface area contributed by atoms with Crippen LogP contribution >= 0.6 is 0 Å². The second-order valence-electron chi connectivity index (χ2n) is 4.25. The summed E-state index contributed by atoms with van der Waals surface area (Å²) in [5.41, 5.74) is 5.96. The van der Waals surface area contributed by atoms with Gasteiger partial charge in [-0.1, -0.05) is 12.1 Å². The van der Waals surface area contributed by atoms with Crippen molar-refractivity contribution in [2.24, 2.45) is 5.73 Å². The van der Waals surface area contributed by atoms with E-state index in [1.165, 1.54) is 7.11 Å². The molecule has 1 unspecified atom stereocenters. The topological polar surface area (TPSA) is 120 Å². The standard InChI is InChI=1S/C14H18N2O6/c1-9(22-20-2)21-11-5-3-10(4-6-11)7-12(14(15)19)16-13(18)8-17/h3-6,12,17H,1,7-8H2,2H3,(H2,15,19)(H,16,18). The Morgan fingerprint density at radius 2 is 2.00 bits per heavy atom. The molecule has 0 aliphatic carbocycles. The lowest BCUT2D eigenvalue weighted by Crippen LogP contribution is -2.46. The van der Waals surface area contributed by atoms with Crippen LogP contribution in [0, 0.1) is 0 Å². The third-order valence-corrected chi connectivity index (χ3v) is 2.59. The van der Waals surface area contributed by atoms with Crippen LogP contribution in [-0.4, -0.2) is 36.7 Å². The summed E-state index contributed by atoms with van der Waals surface area (Å²) < 4.78 is 5.21. The third-order valence-electron chi connectivity index (χ3n) is 2.59. The van der Waals surface area contributed by atoms with Gasteiger partial charge in [-0.25, -0.2) is 0 Å². The van der Waals surface area contributed by atoms with Gasteiger partial charge in [0.05, 0.1) is 7.11 Å². The van der Waals surface area contributed by atoms with Crippen LogP contribution in [0.5, 0.6) is 5.75 Å². The van der Waals surface area contributed by atoms with Gasteiger partial charge in [-0.05, 0) is 24.3 Å². The Kier molecular flexibility index (Phi) is 6.87. The van der Waals surface area contributed by atoms with Crippen molar-refractivity contribution in [2.45, 2.75) is 12.5 Å². The van der Waals surface area contributed by atoms with E-state index in [9.17, 15) is 9.59 Å². The lowest BCUT2D eigenvalue weighted by Gasteiger charge is -2.15. The monoisotopic (exact) mass is 310 g/mol. The van der Waals surface area contributed by atoms with Gasteiger partial charge in [0.15, 0.2) is 0 Å². The molecule has 8 heteroatoms. The van der Waals surface area contributed by atoms with Crippen LogP contribution < -0.4 is 15.8 Å². The number of benzene rings is 1. The highest BCUT2D eigenvalue weighted by atomic mass is 17.2. The van der Waals surface area contributed by atoms with Gasteiger partial charge in [0.1, 0.15) is 18.4 Å². The molecule has 0 heterocycles. The third kappa shape index (κ3) is 5.81. The molecule has 1 rings (SSSR count). The molecule has 0 fully saturated rings. The highest BCUT2D eigenvalue weighted by molar-refractivity contribution is 5.87.